The Morgan fingerprint density at radius 3 is 2.34 bits per heavy atom. The first-order valence-corrected chi connectivity index (χ1v) is 15.4. The Morgan fingerprint density at radius 1 is 1.03 bits per heavy atom. The number of hydrogen-bond acceptors (Lipinski definition) is 8. The second kappa shape index (κ2) is 12.4. The van der Waals surface area contributed by atoms with Crippen LogP contribution in [0.4, 0.5) is 10.8 Å². The van der Waals surface area contributed by atoms with Crippen LogP contribution < -0.4 is 4.90 Å². The first-order valence-electron chi connectivity index (χ1n) is 13.1. The largest absolute Gasteiger partial charge is 0.461 e. The molecule has 8 nitrogen and oxygen atoms in total. The third-order valence-electron chi connectivity index (χ3n) is 6.76. The quantitative estimate of drug-likeness (QED) is 0.319. The van der Waals surface area contributed by atoms with E-state index in [1.807, 2.05) is 18.2 Å². The molecule has 1 aliphatic rings. The lowest BCUT2D eigenvalue weighted by Crippen LogP contribution is -2.48. The molecule has 204 valence electrons. The number of carbonyl (C=O) groups excluding carboxylic acids is 1. The molecule has 0 bridgehead atoms. The maximum atomic E-state index is 13.2. The number of ether oxygens (including phenoxy) is 1. The fourth-order valence-corrected chi connectivity index (χ4v) is 6.82. The minimum Gasteiger partial charge on any atom is -0.461 e. The smallest absolute Gasteiger partial charge is 0.357 e. The summed E-state index contributed by atoms with van der Waals surface area (Å²) in [6, 6.07) is 13.3. The van der Waals surface area contributed by atoms with Crippen LogP contribution in [0.2, 0.25) is 0 Å². The van der Waals surface area contributed by atoms with Crippen molar-refractivity contribution in [2.24, 2.45) is 0 Å². The van der Waals surface area contributed by atoms with Crippen molar-refractivity contribution in [2.75, 3.05) is 50.8 Å². The third kappa shape index (κ3) is 6.09. The molecule has 10 heteroatoms. The molecule has 2 heterocycles. The van der Waals surface area contributed by atoms with E-state index in [9.17, 15) is 13.2 Å². The summed E-state index contributed by atoms with van der Waals surface area (Å²) in [4.78, 5) is 21.4. The van der Waals surface area contributed by atoms with Crippen LogP contribution in [0.15, 0.2) is 52.7 Å². The molecule has 0 radical (unpaired) electrons. The van der Waals surface area contributed by atoms with E-state index in [1.165, 1.54) is 11.3 Å². The van der Waals surface area contributed by atoms with Gasteiger partial charge in [0.15, 0.2) is 10.8 Å². The van der Waals surface area contributed by atoms with Crippen molar-refractivity contribution in [1.29, 1.82) is 0 Å². The molecule has 3 aromatic rings. The summed E-state index contributed by atoms with van der Waals surface area (Å²) in [6.07, 6.45) is 0.900. The molecule has 2 aromatic carbocycles. The zero-order chi connectivity index (χ0) is 27.3. The summed E-state index contributed by atoms with van der Waals surface area (Å²) in [5.41, 5.74) is 4.31. The van der Waals surface area contributed by atoms with Gasteiger partial charge in [0.05, 0.1) is 11.5 Å². The van der Waals surface area contributed by atoms with Crippen LogP contribution in [0.1, 0.15) is 43.2 Å². The molecule has 0 atom stereocenters. The van der Waals surface area contributed by atoms with E-state index in [0.717, 1.165) is 60.1 Å². The van der Waals surface area contributed by atoms with Gasteiger partial charge in [0, 0.05) is 43.8 Å². The van der Waals surface area contributed by atoms with Crippen LogP contribution in [-0.4, -0.2) is 74.5 Å². The first kappa shape index (κ1) is 28.2. The zero-order valence-electron chi connectivity index (χ0n) is 22.5. The van der Waals surface area contributed by atoms with E-state index < -0.39 is 16.0 Å². The third-order valence-corrected chi connectivity index (χ3v) is 9.54. The molecule has 0 unspecified atom stereocenters. The van der Waals surface area contributed by atoms with Crippen molar-refractivity contribution in [3.8, 4) is 11.1 Å². The summed E-state index contributed by atoms with van der Waals surface area (Å²) in [7, 11) is -3.52. The Kier molecular flexibility index (Phi) is 9.19. The summed E-state index contributed by atoms with van der Waals surface area (Å²) in [5.74, 6) is -0.417. The number of nitrogens with zero attached hydrogens (tertiary/aromatic N) is 4. The lowest BCUT2D eigenvalue weighted by atomic mass is 10.0. The average molecular weight is 557 g/mol. The second-order valence-corrected chi connectivity index (χ2v) is 12.0. The molecule has 0 amide bonds. The average Bonchev–Trinajstić information content (AvgIpc) is 3.43. The van der Waals surface area contributed by atoms with Gasteiger partial charge in [0.2, 0.25) is 10.0 Å². The van der Waals surface area contributed by atoms with Gasteiger partial charge in [0.25, 0.3) is 0 Å². The normalized spacial score (nSPS) is 14.9. The number of benzene rings is 2. The summed E-state index contributed by atoms with van der Waals surface area (Å²) in [5, 5.41) is 2.47. The topological polar surface area (TPSA) is 83.0 Å². The van der Waals surface area contributed by atoms with Crippen molar-refractivity contribution in [3.63, 3.8) is 0 Å². The number of aromatic nitrogens is 1. The zero-order valence-corrected chi connectivity index (χ0v) is 24.1. The van der Waals surface area contributed by atoms with E-state index in [2.05, 4.69) is 47.7 Å². The number of aryl methyl sites for hydroxylation is 1. The summed E-state index contributed by atoms with van der Waals surface area (Å²) in [6.45, 7) is 12.6. The first-order chi connectivity index (χ1) is 18.3. The van der Waals surface area contributed by atoms with Gasteiger partial charge in [-0.3, -0.25) is 0 Å². The number of carbonyl (C=O) groups is 1. The van der Waals surface area contributed by atoms with E-state index in [1.54, 1.807) is 28.7 Å². The van der Waals surface area contributed by atoms with Crippen LogP contribution in [0.25, 0.3) is 11.1 Å². The molecular weight excluding hydrogens is 520 g/mol. The van der Waals surface area contributed by atoms with Crippen LogP contribution >= 0.6 is 11.3 Å². The van der Waals surface area contributed by atoms with Crippen LogP contribution in [-0.2, 0) is 14.8 Å². The number of sulfonamides is 1. The van der Waals surface area contributed by atoms with Crippen molar-refractivity contribution in [2.45, 2.75) is 39.0 Å². The predicted molar refractivity (Wildman–Crippen MR) is 153 cm³/mol. The molecule has 38 heavy (non-hydrogen) atoms. The highest BCUT2D eigenvalue weighted by Crippen LogP contribution is 2.35. The van der Waals surface area contributed by atoms with Crippen molar-refractivity contribution in [3.05, 3.63) is 59.1 Å². The van der Waals surface area contributed by atoms with Crippen molar-refractivity contribution < 1.29 is 17.9 Å². The standard InChI is InChI=1S/C28H36N4O4S2/c1-5-14-32(28-29-25(20-37-28)27(33)36-7-3)26-19-23(9-8-21(26)4)22-10-12-24(13-11-22)38(34,35)31-17-15-30(6-2)16-18-31/h8-13,19-20H,5-7,14-18H2,1-4H3. The highest BCUT2D eigenvalue weighted by molar-refractivity contribution is 7.89. The minimum absolute atomic E-state index is 0.307. The number of thiazole rings is 1. The Morgan fingerprint density at radius 2 is 1.71 bits per heavy atom. The van der Waals surface area contributed by atoms with Crippen molar-refractivity contribution in [1.82, 2.24) is 14.2 Å². The van der Waals surface area contributed by atoms with Crippen LogP contribution in [0.3, 0.4) is 0 Å². The SMILES string of the molecule is CCCN(c1nc(C(=O)OCC)cs1)c1cc(-c2ccc(S(=O)(=O)N3CCN(CC)CC3)cc2)ccc1C. The molecule has 1 aliphatic heterocycles. The Labute approximate surface area is 229 Å². The van der Waals surface area contributed by atoms with Gasteiger partial charge in [-0.25, -0.2) is 18.2 Å². The van der Waals surface area contributed by atoms with E-state index in [-0.39, 0.29) is 0 Å². The summed E-state index contributed by atoms with van der Waals surface area (Å²) < 4.78 is 33.1. The molecule has 0 aliphatic carbocycles. The van der Waals surface area contributed by atoms with Gasteiger partial charge in [-0.2, -0.15) is 4.31 Å². The lowest BCUT2D eigenvalue weighted by Gasteiger charge is -2.33. The van der Waals surface area contributed by atoms with Gasteiger partial charge in [0.1, 0.15) is 0 Å². The molecular formula is C28H36N4O4S2. The van der Waals surface area contributed by atoms with E-state index in [0.29, 0.717) is 30.3 Å². The van der Waals surface area contributed by atoms with Crippen LogP contribution in [0.5, 0.6) is 0 Å². The van der Waals surface area contributed by atoms with Gasteiger partial charge < -0.3 is 14.5 Å². The molecule has 4 rings (SSSR count). The number of rotatable bonds is 10. The van der Waals surface area contributed by atoms with Gasteiger partial charge in [-0.15, -0.1) is 11.3 Å². The Bertz CT molecular complexity index is 1350. The molecule has 0 saturated carbocycles. The highest BCUT2D eigenvalue weighted by atomic mass is 32.2. The number of esters is 1. The second-order valence-electron chi connectivity index (χ2n) is 9.25. The molecule has 1 aromatic heterocycles. The lowest BCUT2D eigenvalue weighted by molar-refractivity contribution is 0.0520. The van der Waals surface area contributed by atoms with E-state index >= 15 is 0 Å². The van der Waals surface area contributed by atoms with Gasteiger partial charge >= 0.3 is 5.97 Å². The summed E-state index contributed by atoms with van der Waals surface area (Å²) >= 11 is 1.42. The number of likely N-dealkylation sites (N-methyl/N-ethyl adjacent to an activating group) is 1. The minimum atomic E-state index is -3.52. The number of hydrogen-bond donors (Lipinski definition) is 0. The number of piperazine rings is 1. The van der Waals surface area contributed by atoms with E-state index in [4.69, 9.17) is 4.74 Å². The molecule has 1 saturated heterocycles. The maximum absolute atomic E-state index is 13.2. The maximum Gasteiger partial charge on any atom is 0.357 e. The monoisotopic (exact) mass is 556 g/mol. The molecule has 1 fully saturated rings. The van der Waals surface area contributed by atoms with Gasteiger partial charge in [-0.1, -0.05) is 38.1 Å². The Hall–Kier alpha value is -2.79. The molecule has 0 N–H and O–H groups in total. The number of anilines is 2. The predicted octanol–water partition coefficient (Wildman–Crippen LogP) is 5.17. The highest BCUT2D eigenvalue weighted by Gasteiger charge is 2.28. The Balaban J connectivity index is 1.59. The molecule has 0 spiro atoms. The van der Waals surface area contributed by atoms with Crippen LogP contribution in [0, 0.1) is 6.92 Å². The fraction of sp³-hybridized carbons (Fsp3) is 0.429. The van der Waals surface area contributed by atoms with Crippen molar-refractivity contribution >= 4 is 38.1 Å². The van der Waals surface area contributed by atoms with Gasteiger partial charge in [-0.05, 0) is 61.7 Å². The fourth-order valence-electron chi connectivity index (χ4n) is 4.56.